The van der Waals surface area contributed by atoms with E-state index in [2.05, 4.69) is 16.4 Å². The maximum atomic E-state index is 11.7. The third-order valence-corrected chi connectivity index (χ3v) is 2.64. The number of unbranched alkanes of at least 4 members (excludes halogenated alkanes) is 3. The van der Waals surface area contributed by atoms with Gasteiger partial charge in [-0.1, -0.05) is 32.6 Å². The molecule has 0 aliphatic rings. The van der Waals surface area contributed by atoms with Gasteiger partial charge in [-0.15, -0.1) is 0 Å². The van der Waals surface area contributed by atoms with E-state index in [9.17, 15) is 14.4 Å². The fourth-order valence-electron chi connectivity index (χ4n) is 1.57. The normalized spacial score (nSPS) is 10.9. The van der Waals surface area contributed by atoms with Crippen molar-refractivity contribution < 1.29 is 53.4 Å². The Morgan fingerprint density at radius 3 is 2.16 bits per heavy atom. The van der Waals surface area contributed by atoms with Gasteiger partial charge in [0, 0.05) is 5.78 Å². The molecule has 0 radical (unpaired) electrons. The number of esters is 2. The van der Waals surface area contributed by atoms with Gasteiger partial charge in [0.15, 0.2) is 5.97 Å². The van der Waals surface area contributed by atoms with Gasteiger partial charge in [-0.3, -0.25) is 9.59 Å². The molecule has 0 aliphatic carbocycles. The molecule has 1 atom stereocenters. The Bertz CT molecular complexity index is 291. The van der Waals surface area contributed by atoms with Gasteiger partial charge in [0.25, 0.3) is 0 Å². The first-order valence-corrected chi connectivity index (χ1v) is 6.11. The van der Waals surface area contributed by atoms with Crippen LogP contribution in [-0.4, -0.2) is 31.9 Å². The summed E-state index contributed by atoms with van der Waals surface area (Å²) in [5.41, 5.74) is 0. The van der Waals surface area contributed by atoms with Crippen LogP contribution in [0.3, 0.4) is 0 Å². The minimum absolute atomic E-state index is 0. The molecule has 0 aromatic rings. The summed E-state index contributed by atoms with van der Waals surface area (Å²) in [6, 6.07) is 0. The van der Waals surface area contributed by atoms with Crippen molar-refractivity contribution in [2.75, 3.05) is 14.2 Å². The predicted octanol–water partition coefficient (Wildman–Crippen LogP) is -1.30. The number of methoxy groups -OCH3 is 2. The molecule has 0 spiro atoms. The largest absolute Gasteiger partial charge is 1.00 e. The standard InChI is InChI=1S/C13H21O5.Na/c1-4-5-6-7-8-10(13(16)18-3)11(14)9-12(15)17-2;/h9-10H,4-8H2,1-3H3;/q-1;+1. The summed E-state index contributed by atoms with van der Waals surface area (Å²) < 4.78 is 8.93. The summed E-state index contributed by atoms with van der Waals surface area (Å²) in [5, 5.41) is 0. The average Bonchev–Trinajstić information content (AvgIpc) is 2.37. The molecule has 104 valence electrons. The zero-order chi connectivity index (χ0) is 14.0. The number of hydrogen-bond donors (Lipinski definition) is 0. The van der Waals surface area contributed by atoms with Gasteiger partial charge >= 0.3 is 35.5 Å². The van der Waals surface area contributed by atoms with Crippen LogP contribution >= 0.6 is 0 Å². The van der Waals surface area contributed by atoms with Crippen LogP contribution in [-0.2, 0) is 23.9 Å². The topological polar surface area (TPSA) is 69.7 Å². The van der Waals surface area contributed by atoms with Crippen molar-refractivity contribution in [2.24, 2.45) is 5.92 Å². The summed E-state index contributed by atoms with van der Waals surface area (Å²) >= 11 is 0. The maximum Gasteiger partial charge on any atom is 1.00 e. The molecular weight excluding hydrogens is 259 g/mol. The molecule has 0 fully saturated rings. The molecule has 19 heavy (non-hydrogen) atoms. The number of rotatable bonds is 9. The zero-order valence-corrected chi connectivity index (χ0v) is 14.2. The molecule has 0 aliphatic heterocycles. The van der Waals surface area contributed by atoms with Crippen LogP contribution in [0.25, 0.3) is 0 Å². The first kappa shape index (κ1) is 20.8. The molecule has 0 rings (SSSR count). The fourth-order valence-corrected chi connectivity index (χ4v) is 1.57. The summed E-state index contributed by atoms with van der Waals surface area (Å²) in [6.07, 6.45) is 5.05. The second kappa shape index (κ2) is 12.5. The zero-order valence-electron chi connectivity index (χ0n) is 12.2. The van der Waals surface area contributed by atoms with Gasteiger partial charge in [-0.25, -0.2) is 6.42 Å². The number of ketones is 1. The van der Waals surface area contributed by atoms with Crippen LogP contribution in [0.2, 0.25) is 0 Å². The molecule has 0 saturated heterocycles. The molecule has 0 saturated carbocycles. The molecule has 5 nitrogen and oxygen atoms in total. The molecule has 0 heterocycles. The Hall–Kier alpha value is -0.520. The van der Waals surface area contributed by atoms with E-state index in [0.717, 1.165) is 32.1 Å². The summed E-state index contributed by atoms with van der Waals surface area (Å²) in [4.78, 5) is 34.2. The van der Waals surface area contributed by atoms with Gasteiger partial charge in [-0.05, 0) is 6.42 Å². The van der Waals surface area contributed by atoms with Crippen molar-refractivity contribution in [1.29, 1.82) is 0 Å². The second-order valence-corrected chi connectivity index (χ2v) is 3.99. The van der Waals surface area contributed by atoms with Crippen LogP contribution < -0.4 is 29.6 Å². The second-order valence-electron chi connectivity index (χ2n) is 3.99. The fraction of sp³-hybridized carbons (Fsp3) is 0.692. The van der Waals surface area contributed by atoms with Crippen LogP contribution in [0.15, 0.2) is 0 Å². The molecule has 0 amide bonds. The van der Waals surface area contributed by atoms with Crippen LogP contribution in [0.5, 0.6) is 0 Å². The van der Waals surface area contributed by atoms with Crippen LogP contribution in [0, 0.1) is 12.3 Å². The number of carbonyl (C=O) groups is 3. The van der Waals surface area contributed by atoms with Gasteiger partial charge in [-0.2, -0.15) is 0 Å². The Morgan fingerprint density at radius 2 is 1.68 bits per heavy atom. The Balaban J connectivity index is 0. The number of Topliss-reactive ketones (excluding diaryl/α,β-unsaturated/α-hetero) is 1. The Kier molecular flexibility index (Phi) is 13.7. The predicted molar refractivity (Wildman–Crippen MR) is 65.6 cm³/mol. The van der Waals surface area contributed by atoms with Crippen molar-refractivity contribution in [3.63, 3.8) is 0 Å². The molecule has 0 bridgehead atoms. The minimum Gasteiger partial charge on any atom is -0.491 e. The van der Waals surface area contributed by atoms with E-state index in [-0.39, 0.29) is 29.6 Å². The molecule has 0 N–H and O–H groups in total. The van der Waals surface area contributed by atoms with E-state index in [4.69, 9.17) is 0 Å². The summed E-state index contributed by atoms with van der Waals surface area (Å²) in [7, 11) is 2.41. The van der Waals surface area contributed by atoms with E-state index in [1.54, 1.807) is 0 Å². The molecule has 6 heteroatoms. The van der Waals surface area contributed by atoms with E-state index in [0.29, 0.717) is 6.42 Å². The number of ether oxygens (including phenoxy) is 2. The van der Waals surface area contributed by atoms with Crippen LogP contribution in [0.4, 0.5) is 0 Å². The first-order valence-electron chi connectivity index (χ1n) is 6.11. The van der Waals surface area contributed by atoms with E-state index in [1.807, 2.05) is 0 Å². The van der Waals surface area contributed by atoms with Crippen molar-refractivity contribution >= 4 is 17.7 Å². The number of carbonyl (C=O) groups excluding carboxylic acids is 3. The minimum atomic E-state index is -0.897. The SMILES string of the molecule is CCCCCCC(C(=O)[CH-]C(=O)OC)C(=O)OC.[Na+]. The van der Waals surface area contributed by atoms with Crippen molar-refractivity contribution in [2.45, 2.75) is 39.0 Å². The maximum absolute atomic E-state index is 11.7. The van der Waals surface area contributed by atoms with E-state index in [1.165, 1.54) is 14.2 Å². The van der Waals surface area contributed by atoms with Crippen LogP contribution in [0.1, 0.15) is 39.0 Å². The summed E-state index contributed by atoms with van der Waals surface area (Å²) in [5.74, 6) is -2.80. The third kappa shape index (κ3) is 9.08. The van der Waals surface area contributed by atoms with Crippen molar-refractivity contribution in [1.82, 2.24) is 0 Å². The third-order valence-electron chi connectivity index (χ3n) is 2.64. The smallest absolute Gasteiger partial charge is 0.491 e. The molecule has 0 aromatic carbocycles. The van der Waals surface area contributed by atoms with Gasteiger partial charge < -0.3 is 14.3 Å². The molecular formula is C13H21NaO5. The van der Waals surface area contributed by atoms with Crippen molar-refractivity contribution in [3.8, 4) is 0 Å². The quantitative estimate of drug-likeness (QED) is 0.173. The van der Waals surface area contributed by atoms with E-state index < -0.39 is 23.6 Å². The summed E-state index contributed by atoms with van der Waals surface area (Å²) in [6.45, 7) is 2.08. The number of hydrogen-bond acceptors (Lipinski definition) is 5. The Labute approximate surface area is 136 Å². The average molecular weight is 280 g/mol. The van der Waals surface area contributed by atoms with Crippen molar-refractivity contribution in [3.05, 3.63) is 6.42 Å². The molecule has 0 aromatic heterocycles. The van der Waals surface area contributed by atoms with Gasteiger partial charge in [0.1, 0.15) is 0 Å². The van der Waals surface area contributed by atoms with E-state index >= 15 is 0 Å². The monoisotopic (exact) mass is 280 g/mol. The molecule has 1 unspecified atom stereocenters. The first-order chi connectivity index (χ1) is 8.56. The van der Waals surface area contributed by atoms with Gasteiger partial charge in [0.05, 0.1) is 20.1 Å². The Morgan fingerprint density at radius 1 is 1.05 bits per heavy atom. The van der Waals surface area contributed by atoms with Gasteiger partial charge in [0.2, 0.25) is 0 Å².